The summed E-state index contributed by atoms with van der Waals surface area (Å²) in [6.07, 6.45) is 6.93. The molecule has 5 aromatic carbocycles. The fourth-order valence-electron chi connectivity index (χ4n) is 6.79. The maximum atomic E-state index is 3.85. The van der Waals surface area contributed by atoms with Crippen LogP contribution in [0.2, 0.25) is 0 Å². The number of hydrogen-bond donors (Lipinski definition) is 0. The number of thiophene rings is 1. The van der Waals surface area contributed by atoms with Gasteiger partial charge in [-0.05, 0) is 112 Å². The lowest BCUT2D eigenvalue weighted by atomic mass is 9.73. The van der Waals surface area contributed by atoms with E-state index in [2.05, 4.69) is 156 Å². The largest absolute Gasteiger partial charge is 0.310 e. The first kappa shape index (κ1) is 25.8. The van der Waals surface area contributed by atoms with Gasteiger partial charge in [0.05, 0.1) is 11.4 Å². The van der Waals surface area contributed by atoms with Crippen LogP contribution < -0.4 is 4.90 Å². The molecule has 0 unspecified atom stereocenters. The number of rotatable bonds is 3. The quantitative estimate of drug-likeness (QED) is 0.189. The molecule has 204 valence electrons. The Kier molecular flexibility index (Phi) is 6.03. The van der Waals surface area contributed by atoms with E-state index < -0.39 is 0 Å². The highest BCUT2D eigenvalue weighted by atomic mass is 79.9. The van der Waals surface area contributed by atoms with Crippen LogP contribution in [0.5, 0.6) is 0 Å². The summed E-state index contributed by atoms with van der Waals surface area (Å²) in [4.78, 5) is 3.93. The van der Waals surface area contributed by atoms with Gasteiger partial charge in [0.2, 0.25) is 0 Å². The Hall–Kier alpha value is -3.92. The summed E-state index contributed by atoms with van der Waals surface area (Å²) in [5, 5.41) is 1.38. The third-order valence-corrected chi connectivity index (χ3v) is 10.6. The minimum absolute atomic E-state index is 0.140. The number of anilines is 3. The predicted octanol–water partition coefficient (Wildman–Crippen LogP) is 12.1. The third kappa shape index (κ3) is 4.10. The Morgan fingerprint density at radius 3 is 2.24 bits per heavy atom. The standard InChI is InChI=1S/C39H30BrNS/c1-39(2)33-13-7-8-14-35(33)41(30-10-4-3-5-11-30)36-18-16-26(24-34(36)39)28-20-27(21-29(40)22-28)25-17-19-38-32(23-25)31-12-6-9-15-37(31)42-38/h3-8,10-14,16-24H,9,15H2,1-2H3. The molecule has 0 spiro atoms. The van der Waals surface area contributed by atoms with Crippen molar-refractivity contribution in [2.75, 3.05) is 4.90 Å². The second kappa shape index (κ2) is 9.83. The fourth-order valence-corrected chi connectivity index (χ4v) is 8.47. The second-order valence-corrected chi connectivity index (χ2v) is 13.9. The zero-order valence-corrected chi connectivity index (χ0v) is 26.1. The molecule has 6 aromatic rings. The summed E-state index contributed by atoms with van der Waals surface area (Å²) < 4.78 is 2.47. The molecule has 1 aliphatic heterocycles. The maximum absolute atomic E-state index is 3.85. The minimum atomic E-state index is -0.140. The number of allylic oxidation sites excluding steroid dienone is 1. The van der Waals surface area contributed by atoms with E-state index >= 15 is 0 Å². The monoisotopic (exact) mass is 623 g/mol. The Labute approximate surface area is 259 Å². The van der Waals surface area contributed by atoms with Crippen LogP contribution in [-0.4, -0.2) is 0 Å². The Bertz CT molecular complexity index is 2030. The van der Waals surface area contributed by atoms with Crippen LogP contribution in [-0.2, 0) is 11.8 Å². The van der Waals surface area contributed by atoms with E-state index in [-0.39, 0.29) is 5.41 Å². The van der Waals surface area contributed by atoms with Crippen LogP contribution in [0, 0.1) is 0 Å². The molecule has 0 bridgehead atoms. The van der Waals surface area contributed by atoms with Crippen LogP contribution in [0.4, 0.5) is 17.1 Å². The second-order valence-electron chi connectivity index (χ2n) is 11.9. The number of benzene rings is 5. The van der Waals surface area contributed by atoms with Crippen molar-refractivity contribution in [1.82, 2.24) is 0 Å². The van der Waals surface area contributed by atoms with Crippen molar-refractivity contribution in [2.24, 2.45) is 0 Å². The van der Waals surface area contributed by atoms with Gasteiger partial charge in [-0.2, -0.15) is 0 Å². The molecule has 42 heavy (non-hydrogen) atoms. The molecule has 0 N–H and O–H groups in total. The van der Waals surface area contributed by atoms with Crippen molar-refractivity contribution in [1.29, 1.82) is 0 Å². The molecule has 2 heterocycles. The first-order chi connectivity index (χ1) is 20.5. The van der Waals surface area contributed by atoms with E-state index in [0.717, 1.165) is 17.3 Å². The molecular weight excluding hydrogens is 594 g/mol. The summed E-state index contributed by atoms with van der Waals surface area (Å²) in [7, 11) is 0. The van der Waals surface area contributed by atoms with E-state index in [4.69, 9.17) is 0 Å². The van der Waals surface area contributed by atoms with Crippen molar-refractivity contribution in [3.05, 3.63) is 141 Å². The highest BCUT2D eigenvalue weighted by molar-refractivity contribution is 9.10. The Morgan fingerprint density at radius 2 is 1.40 bits per heavy atom. The van der Waals surface area contributed by atoms with E-state index in [9.17, 15) is 0 Å². The highest BCUT2D eigenvalue weighted by Gasteiger charge is 2.36. The summed E-state index contributed by atoms with van der Waals surface area (Å²) in [5.41, 5.74) is 12.6. The van der Waals surface area contributed by atoms with Crippen LogP contribution in [0.1, 0.15) is 41.8 Å². The molecule has 1 aliphatic carbocycles. The fraction of sp³-hybridized carbons (Fsp3) is 0.128. The van der Waals surface area contributed by atoms with Crippen molar-refractivity contribution in [3.8, 4) is 22.3 Å². The van der Waals surface area contributed by atoms with E-state index in [0.29, 0.717) is 0 Å². The normalized spacial score (nSPS) is 14.9. The number of hydrogen-bond acceptors (Lipinski definition) is 2. The molecule has 0 radical (unpaired) electrons. The number of nitrogens with zero attached hydrogens (tertiary/aromatic N) is 1. The zero-order valence-electron chi connectivity index (χ0n) is 23.7. The summed E-state index contributed by atoms with van der Waals surface area (Å²) >= 11 is 5.80. The van der Waals surface area contributed by atoms with E-state index in [1.807, 2.05) is 11.3 Å². The minimum Gasteiger partial charge on any atom is -0.310 e. The third-order valence-electron chi connectivity index (χ3n) is 8.93. The molecule has 0 fully saturated rings. The van der Waals surface area contributed by atoms with E-state index in [1.165, 1.54) is 71.0 Å². The Balaban J connectivity index is 1.26. The summed E-state index contributed by atoms with van der Waals surface area (Å²) in [6.45, 7) is 4.71. The Morgan fingerprint density at radius 1 is 0.690 bits per heavy atom. The van der Waals surface area contributed by atoms with Crippen molar-refractivity contribution < 1.29 is 0 Å². The topological polar surface area (TPSA) is 3.24 Å². The SMILES string of the molecule is CC1(C)c2ccccc2N(c2ccccc2)c2ccc(-c3cc(Br)cc(-c4ccc5sc6c(c5c4)C=CCC6)c3)cc21. The number of fused-ring (bicyclic) bond motifs is 5. The molecule has 0 atom stereocenters. The number of para-hydroxylation sites is 2. The molecule has 3 heteroatoms. The average Bonchev–Trinajstić information content (AvgIpc) is 3.39. The van der Waals surface area contributed by atoms with Crippen LogP contribution in [0.25, 0.3) is 38.4 Å². The first-order valence-corrected chi connectivity index (χ1v) is 16.2. The van der Waals surface area contributed by atoms with Crippen molar-refractivity contribution in [2.45, 2.75) is 32.1 Å². The van der Waals surface area contributed by atoms with Gasteiger partial charge in [-0.15, -0.1) is 11.3 Å². The van der Waals surface area contributed by atoms with Crippen LogP contribution in [0.3, 0.4) is 0 Å². The van der Waals surface area contributed by atoms with E-state index in [1.54, 1.807) is 0 Å². The molecule has 0 saturated carbocycles. The van der Waals surface area contributed by atoms with Gasteiger partial charge in [0.15, 0.2) is 0 Å². The number of aryl methyl sites for hydroxylation is 1. The summed E-state index contributed by atoms with van der Waals surface area (Å²) in [5.74, 6) is 0. The van der Waals surface area contributed by atoms with Gasteiger partial charge in [-0.25, -0.2) is 0 Å². The highest BCUT2D eigenvalue weighted by Crippen LogP contribution is 2.52. The van der Waals surface area contributed by atoms with Gasteiger partial charge >= 0.3 is 0 Å². The molecular formula is C39H30BrNS. The van der Waals surface area contributed by atoms with Crippen LogP contribution >= 0.6 is 27.3 Å². The maximum Gasteiger partial charge on any atom is 0.0503 e. The zero-order chi connectivity index (χ0) is 28.4. The van der Waals surface area contributed by atoms with Gasteiger partial charge in [0.1, 0.15) is 0 Å². The molecule has 2 aliphatic rings. The van der Waals surface area contributed by atoms with Gasteiger partial charge in [-0.1, -0.05) is 90.5 Å². The van der Waals surface area contributed by atoms with Gasteiger partial charge in [0.25, 0.3) is 0 Å². The lowest BCUT2D eigenvalue weighted by molar-refractivity contribution is 0.632. The van der Waals surface area contributed by atoms with Gasteiger partial charge in [-0.3, -0.25) is 0 Å². The van der Waals surface area contributed by atoms with Gasteiger partial charge < -0.3 is 4.90 Å². The van der Waals surface area contributed by atoms with Crippen molar-refractivity contribution >= 4 is 60.5 Å². The van der Waals surface area contributed by atoms with Crippen LogP contribution in [0.15, 0.2) is 120 Å². The van der Waals surface area contributed by atoms with Crippen molar-refractivity contribution in [3.63, 3.8) is 0 Å². The molecule has 8 rings (SSSR count). The predicted molar refractivity (Wildman–Crippen MR) is 185 cm³/mol. The molecule has 0 saturated heterocycles. The lowest BCUT2D eigenvalue weighted by Gasteiger charge is -2.42. The lowest BCUT2D eigenvalue weighted by Crippen LogP contribution is -2.30. The molecule has 1 nitrogen and oxygen atoms in total. The smallest absolute Gasteiger partial charge is 0.0503 e. The number of halogens is 1. The average molecular weight is 625 g/mol. The summed E-state index contributed by atoms with van der Waals surface area (Å²) in [6, 6.07) is 40.4. The molecule has 0 amide bonds. The first-order valence-electron chi connectivity index (χ1n) is 14.6. The molecule has 1 aromatic heterocycles. The van der Waals surface area contributed by atoms with Gasteiger partial charge in [0, 0.05) is 30.5 Å².